The first-order chi connectivity index (χ1) is 16.1. The van der Waals surface area contributed by atoms with Gasteiger partial charge < -0.3 is 0 Å². The molecule has 0 spiro atoms. The van der Waals surface area contributed by atoms with Crippen LogP contribution in [0.2, 0.25) is 0 Å². The minimum Gasteiger partial charge on any atom is -0.299 e. The molecule has 34 heavy (non-hydrogen) atoms. The molecule has 176 valence electrons. The summed E-state index contributed by atoms with van der Waals surface area (Å²) in [5.41, 5.74) is 6.28. The number of nitrogens with zero attached hydrogens (tertiary/aromatic N) is 2. The van der Waals surface area contributed by atoms with Crippen LogP contribution >= 0.6 is 11.3 Å². The van der Waals surface area contributed by atoms with Crippen LogP contribution in [0.15, 0.2) is 47.4 Å². The van der Waals surface area contributed by atoms with Gasteiger partial charge >= 0.3 is 0 Å². The second-order valence-electron chi connectivity index (χ2n) is 8.95. The lowest BCUT2D eigenvalue weighted by molar-refractivity contribution is -0.117. The number of benzene rings is 2. The Morgan fingerprint density at radius 3 is 2.38 bits per heavy atom. The number of rotatable bonds is 7. The molecule has 0 radical (unpaired) electrons. The van der Waals surface area contributed by atoms with Crippen molar-refractivity contribution in [2.75, 3.05) is 6.54 Å². The lowest BCUT2D eigenvalue weighted by Gasteiger charge is -2.27. The number of nitrogens with two attached hydrogens (primary N) is 1. The lowest BCUT2D eigenvalue weighted by Crippen LogP contribution is -2.29. The molecule has 2 N–H and O–H groups in total. The van der Waals surface area contributed by atoms with Crippen molar-refractivity contribution in [3.63, 3.8) is 0 Å². The number of carbonyl (C=O) groups excluding carboxylic acids is 1. The summed E-state index contributed by atoms with van der Waals surface area (Å²) in [7, 11) is -3.76. The van der Waals surface area contributed by atoms with Crippen molar-refractivity contribution in [2.24, 2.45) is 5.14 Å². The standard InChI is InChI=1S/C26H27N3O3S2/c1-17-9-18(2)11-20(10-17)15-29-8-7-23-24(14-27)25(33-26(23)16-29)13-21(30)12-19-3-5-22(6-4-19)34(28,31)32/h3-6,9-11H,7-8,12-13,15-16H2,1-2H3,(H2,28,31,32). The van der Waals surface area contributed by atoms with E-state index in [1.54, 1.807) is 23.5 Å². The van der Waals surface area contributed by atoms with Gasteiger partial charge in [-0.1, -0.05) is 41.5 Å². The van der Waals surface area contributed by atoms with Crippen molar-refractivity contribution in [1.29, 1.82) is 5.26 Å². The van der Waals surface area contributed by atoms with Crippen molar-refractivity contribution in [3.05, 3.63) is 85.6 Å². The molecular weight excluding hydrogens is 466 g/mol. The number of nitriles is 1. The van der Waals surface area contributed by atoms with E-state index in [0.717, 1.165) is 42.1 Å². The number of carbonyl (C=O) groups is 1. The summed E-state index contributed by atoms with van der Waals surface area (Å²) in [6.07, 6.45) is 1.19. The van der Waals surface area contributed by atoms with Crippen molar-refractivity contribution in [2.45, 2.75) is 51.1 Å². The maximum Gasteiger partial charge on any atom is 0.238 e. The maximum atomic E-state index is 12.8. The molecule has 0 bridgehead atoms. The molecule has 2 aromatic carbocycles. The second kappa shape index (κ2) is 9.80. The summed E-state index contributed by atoms with van der Waals surface area (Å²) >= 11 is 1.57. The van der Waals surface area contributed by atoms with Gasteiger partial charge in [-0.3, -0.25) is 9.69 Å². The molecule has 4 rings (SSSR count). The van der Waals surface area contributed by atoms with E-state index in [1.165, 1.54) is 33.7 Å². The molecule has 0 saturated heterocycles. The van der Waals surface area contributed by atoms with Crippen LogP contribution in [0.1, 0.15) is 43.1 Å². The van der Waals surface area contributed by atoms with Gasteiger partial charge in [0.1, 0.15) is 11.9 Å². The van der Waals surface area contributed by atoms with Gasteiger partial charge in [-0.05, 0) is 49.1 Å². The largest absolute Gasteiger partial charge is 0.299 e. The highest BCUT2D eigenvalue weighted by molar-refractivity contribution is 7.89. The number of sulfonamides is 1. The van der Waals surface area contributed by atoms with Crippen molar-refractivity contribution in [1.82, 2.24) is 4.90 Å². The van der Waals surface area contributed by atoms with E-state index in [-0.39, 0.29) is 23.5 Å². The molecule has 1 aliphatic heterocycles. The van der Waals surface area contributed by atoms with E-state index < -0.39 is 10.0 Å². The smallest absolute Gasteiger partial charge is 0.238 e. The number of fused-ring (bicyclic) bond motifs is 1. The quantitative estimate of drug-likeness (QED) is 0.539. The first-order valence-electron chi connectivity index (χ1n) is 11.1. The first kappa shape index (κ1) is 24.3. The number of thiophene rings is 1. The molecule has 0 fully saturated rings. The number of ketones is 1. The average molecular weight is 494 g/mol. The van der Waals surface area contributed by atoms with Crippen molar-refractivity contribution >= 4 is 27.1 Å². The summed E-state index contributed by atoms with van der Waals surface area (Å²) in [5, 5.41) is 14.9. The fraction of sp³-hybridized carbons (Fsp3) is 0.308. The van der Waals surface area contributed by atoms with Gasteiger partial charge in [0.2, 0.25) is 10.0 Å². The predicted octanol–water partition coefficient (Wildman–Crippen LogP) is 3.80. The third-order valence-corrected chi connectivity index (χ3v) is 8.17. The molecule has 0 atom stereocenters. The van der Waals surface area contributed by atoms with E-state index in [4.69, 9.17) is 5.14 Å². The van der Waals surface area contributed by atoms with E-state index >= 15 is 0 Å². The van der Waals surface area contributed by atoms with Crippen molar-refractivity contribution < 1.29 is 13.2 Å². The molecule has 1 aliphatic rings. The Kier molecular flexibility index (Phi) is 7.01. The molecule has 3 aromatic rings. The molecule has 6 nitrogen and oxygen atoms in total. The summed E-state index contributed by atoms with van der Waals surface area (Å²) in [5.74, 6) is -0.00875. The average Bonchev–Trinajstić information content (AvgIpc) is 3.08. The van der Waals surface area contributed by atoms with E-state index in [2.05, 4.69) is 43.0 Å². The highest BCUT2D eigenvalue weighted by atomic mass is 32.2. The van der Waals surface area contributed by atoms with Gasteiger partial charge in [0.05, 0.1) is 10.5 Å². The summed E-state index contributed by atoms with van der Waals surface area (Å²) in [4.78, 5) is 17.2. The fourth-order valence-electron chi connectivity index (χ4n) is 4.59. The van der Waals surface area contributed by atoms with Crippen LogP contribution in [0.4, 0.5) is 0 Å². The number of hydrogen-bond donors (Lipinski definition) is 1. The zero-order valence-electron chi connectivity index (χ0n) is 19.3. The predicted molar refractivity (Wildman–Crippen MR) is 133 cm³/mol. The van der Waals surface area contributed by atoms with Crippen LogP contribution in [-0.4, -0.2) is 25.6 Å². The van der Waals surface area contributed by atoms with Gasteiger partial charge in [0.15, 0.2) is 0 Å². The molecule has 8 heteroatoms. The Labute approximate surface area is 204 Å². The zero-order valence-corrected chi connectivity index (χ0v) is 20.9. The number of hydrogen-bond acceptors (Lipinski definition) is 6. The van der Waals surface area contributed by atoms with Gasteiger partial charge in [-0.15, -0.1) is 11.3 Å². The van der Waals surface area contributed by atoms with Crippen LogP contribution in [0, 0.1) is 25.2 Å². The van der Waals surface area contributed by atoms with Gasteiger partial charge in [0.25, 0.3) is 0 Å². The summed E-state index contributed by atoms with van der Waals surface area (Å²) in [6, 6.07) is 15.0. The minimum absolute atomic E-state index is 0.00875. The van der Waals surface area contributed by atoms with E-state index in [9.17, 15) is 18.5 Å². The van der Waals surface area contributed by atoms with Crippen molar-refractivity contribution in [3.8, 4) is 6.07 Å². The minimum atomic E-state index is -3.76. The Hall–Kier alpha value is -2.83. The lowest BCUT2D eigenvalue weighted by atomic mass is 9.99. The Balaban J connectivity index is 1.45. The molecule has 0 saturated carbocycles. The zero-order chi connectivity index (χ0) is 24.5. The Morgan fingerprint density at radius 2 is 1.76 bits per heavy atom. The second-order valence-corrected chi connectivity index (χ2v) is 11.7. The summed E-state index contributed by atoms with van der Waals surface area (Å²) in [6.45, 7) is 6.76. The third-order valence-electron chi connectivity index (χ3n) is 6.02. The molecule has 1 aromatic heterocycles. The van der Waals surface area contributed by atoms with Gasteiger partial charge in [-0.25, -0.2) is 13.6 Å². The molecule has 2 heterocycles. The summed E-state index contributed by atoms with van der Waals surface area (Å²) < 4.78 is 22.8. The van der Waals surface area contributed by atoms with Gasteiger partial charge in [-0.2, -0.15) is 5.26 Å². The normalized spacial score (nSPS) is 13.9. The monoisotopic (exact) mass is 493 g/mol. The SMILES string of the molecule is Cc1cc(C)cc(CN2CCc3c(sc(CC(=O)Cc4ccc(S(N)(=O)=O)cc4)c3C#N)C2)c1. The Morgan fingerprint density at radius 1 is 1.09 bits per heavy atom. The highest BCUT2D eigenvalue weighted by Crippen LogP contribution is 2.34. The van der Waals surface area contributed by atoms with Crippen LogP contribution < -0.4 is 5.14 Å². The first-order valence-corrected chi connectivity index (χ1v) is 13.4. The third kappa shape index (κ3) is 5.62. The number of aryl methyl sites for hydroxylation is 2. The number of Topliss-reactive ketones (excluding diaryl/α,β-unsaturated/α-hetero) is 1. The van der Waals surface area contributed by atoms with Crippen LogP contribution in [-0.2, 0) is 47.2 Å². The molecule has 0 aliphatic carbocycles. The molecule has 0 amide bonds. The molecular formula is C26H27N3O3S2. The Bertz CT molecular complexity index is 1360. The molecule has 0 unspecified atom stereocenters. The topological polar surface area (TPSA) is 104 Å². The van der Waals surface area contributed by atoms with Crippen LogP contribution in [0.3, 0.4) is 0 Å². The van der Waals surface area contributed by atoms with E-state index in [0.29, 0.717) is 5.56 Å². The van der Waals surface area contributed by atoms with Crippen LogP contribution in [0.5, 0.6) is 0 Å². The highest BCUT2D eigenvalue weighted by Gasteiger charge is 2.25. The van der Waals surface area contributed by atoms with Gasteiger partial charge in [0, 0.05) is 42.2 Å². The van der Waals surface area contributed by atoms with Crippen LogP contribution in [0.25, 0.3) is 0 Å². The number of primary sulfonamides is 1. The maximum absolute atomic E-state index is 12.8. The van der Waals surface area contributed by atoms with E-state index in [1.807, 2.05) is 0 Å². The fourth-order valence-corrected chi connectivity index (χ4v) is 6.48.